The summed E-state index contributed by atoms with van der Waals surface area (Å²) >= 11 is 0. The minimum absolute atomic E-state index is 0.166. The Morgan fingerprint density at radius 1 is 0.500 bits per heavy atom. The van der Waals surface area contributed by atoms with Gasteiger partial charge in [-0.3, -0.25) is 4.52 Å². The highest BCUT2D eigenvalue weighted by molar-refractivity contribution is 7.46. The van der Waals surface area contributed by atoms with Crippen molar-refractivity contribution in [2.45, 2.75) is 155 Å². The van der Waals surface area contributed by atoms with Crippen LogP contribution >= 0.6 is 7.82 Å². The minimum atomic E-state index is -4.28. The van der Waals surface area contributed by atoms with Crippen molar-refractivity contribution in [1.29, 1.82) is 0 Å². The summed E-state index contributed by atoms with van der Waals surface area (Å²) in [5.74, 6) is 0. The minimum Gasteiger partial charge on any atom is -0.303 e. The molecule has 0 saturated carbocycles. The molecule has 0 heterocycles. The summed E-state index contributed by atoms with van der Waals surface area (Å²) in [6.07, 6.45) is 28.8. The maximum absolute atomic E-state index is 10.6. The van der Waals surface area contributed by atoms with Gasteiger partial charge in [-0.2, -0.15) is 0 Å². The Kier molecular flexibility index (Phi) is 26.2. The molecule has 206 valence electrons. The van der Waals surface area contributed by atoms with Crippen LogP contribution in [-0.4, -0.2) is 40.9 Å². The van der Waals surface area contributed by atoms with E-state index in [-0.39, 0.29) is 6.61 Å². The van der Waals surface area contributed by atoms with E-state index < -0.39 is 7.82 Å². The second-order valence-electron chi connectivity index (χ2n) is 10.2. The van der Waals surface area contributed by atoms with Crippen molar-refractivity contribution in [2.75, 3.05) is 26.2 Å². The van der Waals surface area contributed by atoms with Crippen molar-refractivity contribution in [3.63, 3.8) is 0 Å². The lowest BCUT2D eigenvalue weighted by molar-refractivity contribution is 0.193. The maximum atomic E-state index is 10.6. The third kappa shape index (κ3) is 28.3. The molecule has 34 heavy (non-hydrogen) atoms. The molecule has 0 aliphatic rings. The first-order chi connectivity index (χ1) is 16.5. The molecule has 0 aromatic carbocycles. The summed E-state index contributed by atoms with van der Waals surface area (Å²) in [5.41, 5.74) is 0. The van der Waals surface area contributed by atoms with E-state index in [1.807, 2.05) is 0 Å². The van der Waals surface area contributed by atoms with E-state index in [1.165, 1.54) is 142 Å². The van der Waals surface area contributed by atoms with Crippen LogP contribution in [0.2, 0.25) is 0 Å². The average Bonchev–Trinajstić information content (AvgIpc) is 2.80. The van der Waals surface area contributed by atoms with E-state index in [4.69, 9.17) is 9.79 Å². The molecule has 0 amide bonds. The Morgan fingerprint density at radius 2 is 0.794 bits per heavy atom. The monoisotopic (exact) mass is 505 g/mol. The van der Waals surface area contributed by atoms with Crippen LogP contribution in [0, 0.1) is 0 Å². The van der Waals surface area contributed by atoms with Gasteiger partial charge in [0.25, 0.3) is 0 Å². The molecule has 2 N–H and O–H groups in total. The fraction of sp³-hybridized carbons (Fsp3) is 1.00. The summed E-state index contributed by atoms with van der Waals surface area (Å²) < 4.78 is 15.1. The van der Waals surface area contributed by atoms with E-state index in [9.17, 15) is 4.57 Å². The van der Waals surface area contributed by atoms with Crippen molar-refractivity contribution in [3.8, 4) is 0 Å². The Hall–Kier alpha value is 0.0700. The highest BCUT2D eigenvalue weighted by atomic mass is 31.2. The fourth-order valence-corrected chi connectivity index (χ4v) is 4.97. The first-order valence-corrected chi connectivity index (χ1v) is 16.4. The molecule has 0 spiro atoms. The van der Waals surface area contributed by atoms with Gasteiger partial charge < -0.3 is 14.7 Å². The fourth-order valence-electron chi connectivity index (χ4n) is 4.60. The molecule has 0 atom stereocenters. The number of hydrogen-bond acceptors (Lipinski definition) is 3. The van der Waals surface area contributed by atoms with E-state index in [0.29, 0.717) is 0 Å². The molecule has 6 heteroatoms. The molecule has 0 unspecified atom stereocenters. The predicted molar refractivity (Wildman–Crippen MR) is 147 cm³/mol. The normalized spacial score (nSPS) is 12.1. The molecule has 0 aromatic heterocycles. The van der Waals surface area contributed by atoms with Crippen molar-refractivity contribution < 1.29 is 18.9 Å². The van der Waals surface area contributed by atoms with Crippen LogP contribution in [-0.2, 0) is 9.09 Å². The number of rotatable bonds is 28. The van der Waals surface area contributed by atoms with Crippen molar-refractivity contribution in [2.24, 2.45) is 0 Å². The number of phosphoric ester groups is 1. The van der Waals surface area contributed by atoms with Crippen molar-refractivity contribution in [3.05, 3.63) is 0 Å². The van der Waals surface area contributed by atoms with Crippen LogP contribution in [0.25, 0.3) is 0 Å². The maximum Gasteiger partial charge on any atom is 0.469 e. The molecule has 0 aliphatic carbocycles. The Labute approximate surface area is 213 Å². The molecule has 0 aliphatic heterocycles. The van der Waals surface area contributed by atoms with Gasteiger partial charge in [-0.15, -0.1) is 0 Å². The Bertz CT molecular complexity index is 428. The van der Waals surface area contributed by atoms with Gasteiger partial charge in [-0.05, 0) is 45.3 Å². The zero-order chi connectivity index (χ0) is 25.2. The van der Waals surface area contributed by atoms with Gasteiger partial charge in [-0.25, -0.2) is 4.57 Å². The summed E-state index contributed by atoms with van der Waals surface area (Å²) in [5, 5.41) is 0. The predicted octanol–water partition coefficient (Wildman–Crippen LogP) is 9.02. The third-order valence-electron chi connectivity index (χ3n) is 6.78. The topological polar surface area (TPSA) is 70.0 Å². The second-order valence-corrected chi connectivity index (χ2v) is 11.5. The molecule has 0 rings (SSSR count). The lowest BCUT2D eigenvalue weighted by atomic mass is 10.1. The van der Waals surface area contributed by atoms with Gasteiger partial charge in [-0.1, -0.05) is 129 Å². The standard InChI is InChI=1S/C28H60NO4P/c1-3-5-7-9-17-21-25-29(26-22-18-10-8-6-4-2)27-23-19-15-13-11-12-14-16-20-24-28-33-34(30,31)32/h3-28H2,1-2H3,(H2,30,31,32). The molecule has 0 radical (unpaired) electrons. The van der Waals surface area contributed by atoms with Crippen LogP contribution in [0.15, 0.2) is 0 Å². The number of nitrogens with zero attached hydrogens (tertiary/aromatic N) is 1. The SMILES string of the molecule is CCCCCCCCN(CCCCCCCC)CCCCCCCCCCCCOP(=O)(O)O. The number of phosphoric acid groups is 1. The lowest BCUT2D eigenvalue weighted by Crippen LogP contribution is -2.27. The van der Waals surface area contributed by atoms with E-state index >= 15 is 0 Å². The van der Waals surface area contributed by atoms with Gasteiger partial charge in [0.05, 0.1) is 6.61 Å². The summed E-state index contributed by atoms with van der Waals surface area (Å²) in [6, 6.07) is 0. The summed E-state index contributed by atoms with van der Waals surface area (Å²) in [7, 11) is -4.28. The zero-order valence-electron chi connectivity index (χ0n) is 23.0. The van der Waals surface area contributed by atoms with Crippen molar-refractivity contribution in [1.82, 2.24) is 4.90 Å². The van der Waals surface area contributed by atoms with Crippen molar-refractivity contribution >= 4 is 7.82 Å². The molecule has 5 nitrogen and oxygen atoms in total. The van der Waals surface area contributed by atoms with Crippen LogP contribution in [0.5, 0.6) is 0 Å². The largest absolute Gasteiger partial charge is 0.469 e. The Balaban J connectivity index is 3.70. The highest BCUT2D eigenvalue weighted by Crippen LogP contribution is 2.35. The first kappa shape index (κ1) is 34.1. The first-order valence-electron chi connectivity index (χ1n) is 14.9. The molecule has 0 saturated heterocycles. The van der Waals surface area contributed by atoms with Gasteiger partial charge in [0.15, 0.2) is 0 Å². The van der Waals surface area contributed by atoms with Gasteiger partial charge in [0.1, 0.15) is 0 Å². The molecule has 0 bridgehead atoms. The summed E-state index contributed by atoms with van der Waals surface area (Å²) in [6.45, 7) is 8.65. The highest BCUT2D eigenvalue weighted by Gasteiger charge is 2.12. The molecular weight excluding hydrogens is 445 g/mol. The number of hydrogen-bond donors (Lipinski definition) is 2. The average molecular weight is 506 g/mol. The summed E-state index contributed by atoms with van der Waals surface area (Å²) in [4.78, 5) is 20.0. The molecular formula is C28H60NO4P. The van der Waals surface area contributed by atoms with E-state index in [1.54, 1.807) is 0 Å². The van der Waals surface area contributed by atoms with Crippen LogP contribution in [0.3, 0.4) is 0 Å². The lowest BCUT2D eigenvalue weighted by Gasteiger charge is -2.22. The second kappa shape index (κ2) is 26.1. The van der Waals surface area contributed by atoms with Gasteiger partial charge in [0.2, 0.25) is 0 Å². The quantitative estimate of drug-likeness (QED) is 0.0820. The Morgan fingerprint density at radius 3 is 1.12 bits per heavy atom. The van der Waals surface area contributed by atoms with Crippen LogP contribution < -0.4 is 0 Å². The van der Waals surface area contributed by atoms with Gasteiger partial charge in [0, 0.05) is 0 Å². The third-order valence-corrected chi connectivity index (χ3v) is 7.30. The number of unbranched alkanes of at least 4 members (excludes halogenated alkanes) is 19. The van der Waals surface area contributed by atoms with Gasteiger partial charge >= 0.3 is 7.82 Å². The molecule has 0 aromatic rings. The van der Waals surface area contributed by atoms with Crippen LogP contribution in [0.4, 0.5) is 0 Å². The zero-order valence-corrected chi connectivity index (χ0v) is 23.9. The smallest absolute Gasteiger partial charge is 0.303 e. The molecule has 0 fully saturated rings. The van der Waals surface area contributed by atoms with E-state index in [0.717, 1.165) is 19.3 Å². The van der Waals surface area contributed by atoms with Crippen LogP contribution in [0.1, 0.15) is 155 Å². The van der Waals surface area contributed by atoms with E-state index in [2.05, 4.69) is 23.3 Å².